The highest BCUT2D eigenvalue weighted by Crippen LogP contribution is 2.34. The first kappa shape index (κ1) is 14.5. The van der Waals surface area contributed by atoms with Gasteiger partial charge in [-0.2, -0.15) is 0 Å². The van der Waals surface area contributed by atoms with E-state index in [-0.39, 0.29) is 5.63 Å². The maximum atomic E-state index is 12.2. The molecule has 0 fully saturated rings. The van der Waals surface area contributed by atoms with E-state index in [4.69, 9.17) is 4.42 Å². The Labute approximate surface area is 138 Å². The first-order chi connectivity index (χ1) is 11.2. The second-order valence-corrected chi connectivity index (χ2v) is 7.00. The van der Waals surface area contributed by atoms with E-state index in [9.17, 15) is 4.79 Å². The molecule has 0 saturated heterocycles. The van der Waals surface area contributed by atoms with Crippen molar-refractivity contribution in [2.24, 2.45) is 0 Å². The topological polar surface area (TPSA) is 43.1 Å². The summed E-state index contributed by atoms with van der Waals surface area (Å²) in [6.45, 7) is 2.10. The van der Waals surface area contributed by atoms with Crippen LogP contribution in [0.3, 0.4) is 0 Å². The normalized spacial score (nSPS) is 14.0. The second kappa shape index (κ2) is 5.85. The molecule has 0 unspecified atom stereocenters. The van der Waals surface area contributed by atoms with E-state index in [1.807, 2.05) is 24.3 Å². The summed E-state index contributed by atoms with van der Waals surface area (Å²) in [4.78, 5) is 17.7. The SMILES string of the molecule is Cc1cc2c3c(c(=O)oc2cc1Sc1ccccn1)CCCC3. The summed E-state index contributed by atoms with van der Waals surface area (Å²) in [6.07, 6.45) is 5.83. The number of pyridine rings is 1. The van der Waals surface area contributed by atoms with Crippen LogP contribution >= 0.6 is 11.8 Å². The van der Waals surface area contributed by atoms with Crippen molar-refractivity contribution >= 4 is 22.7 Å². The Morgan fingerprint density at radius 3 is 2.74 bits per heavy atom. The fourth-order valence-electron chi connectivity index (χ4n) is 3.21. The molecule has 0 spiro atoms. The maximum absolute atomic E-state index is 12.2. The highest BCUT2D eigenvalue weighted by molar-refractivity contribution is 7.99. The lowest BCUT2D eigenvalue weighted by Crippen LogP contribution is -2.15. The lowest BCUT2D eigenvalue weighted by atomic mass is 9.90. The Hall–Kier alpha value is -2.07. The van der Waals surface area contributed by atoms with Crippen LogP contribution in [0.4, 0.5) is 0 Å². The zero-order valence-electron chi connectivity index (χ0n) is 13.0. The van der Waals surface area contributed by atoms with Crippen LogP contribution in [0.5, 0.6) is 0 Å². The van der Waals surface area contributed by atoms with Crippen molar-refractivity contribution in [3.05, 3.63) is 63.6 Å². The number of aryl methyl sites for hydroxylation is 2. The molecule has 0 N–H and O–H groups in total. The monoisotopic (exact) mass is 323 g/mol. The molecule has 0 saturated carbocycles. The van der Waals surface area contributed by atoms with Gasteiger partial charge in [0, 0.05) is 22.0 Å². The second-order valence-electron chi connectivity index (χ2n) is 5.94. The van der Waals surface area contributed by atoms with Gasteiger partial charge in [0.25, 0.3) is 0 Å². The summed E-state index contributed by atoms with van der Waals surface area (Å²) in [5, 5.41) is 2.04. The Bertz CT molecular complexity index is 931. The first-order valence-corrected chi connectivity index (χ1v) is 8.72. The van der Waals surface area contributed by atoms with Gasteiger partial charge in [0.15, 0.2) is 0 Å². The molecule has 3 aromatic rings. The Morgan fingerprint density at radius 2 is 1.96 bits per heavy atom. The molecule has 4 rings (SSSR count). The number of hydrogen-bond donors (Lipinski definition) is 0. The van der Waals surface area contributed by atoms with Gasteiger partial charge in [-0.05, 0) is 68.0 Å². The van der Waals surface area contributed by atoms with Crippen LogP contribution in [0.1, 0.15) is 29.5 Å². The van der Waals surface area contributed by atoms with Crippen molar-refractivity contribution in [1.29, 1.82) is 0 Å². The third-order valence-electron chi connectivity index (χ3n) is 4.37. The van der Waals surface area contributed by atoms with E-state index in [0.717, 1.165) is 46.6 Å². The third-order valence-corrected chi connectivity index (χ3v) is 5.48. The number of rotatable bonds is 2. The molecule has 0 bridgehead atoms. The van der Waals surface area contributed by atoms with Gasteiger partial charge in [-0.3, -0.25) is 0 Å². The first-order valence-electron chi connectivity index (χ1n) is 7.90. The van der Waals surface area contributed by atoms with Crippen LogP contribution in [0, 0.1) is 6.92 Å². The van der Waals surface area contributed by atoms with Gasteiger partial charge in [-0.15, -0.1) is 0 Å². The average molecular weight is 323 g/mol. The Morgan fingerprint density at radius 1 is 1.13 bits per heavy atom. The summed E-state index contributed by atoms with van der Waals surface area (Å²) in [7, 11) is 0. The van der Waals surface area contributed by atoms with E-state index in [1.54, 1.807) is 18.0 Å². The third kappa shape index (κ3) is 2.68. The van der Waals surface area contributed by atoms with E-state index in [2.05, 4.69) is 18.0 Å². The molecule has 0 amide bonds. The van der Waals surface area contributed by atoms with Gasteiger partial charge in [-0.1, -0.05) is 17.8 Å². The number of hydrogen-bond acceptors (Lipinski definition) is 4. The predicted molar refractivity (Wildman–Crippen MR) is 92.2 cm³/mol. The molecule has 4 heteroatoms. The molecule has 2 heterocycles. The summed E-state index contributed by atoms with van der Waals surface area (Å²) in [5.74, 6) is 0. The van der Waals surface area contributed by atoms with E-state index >= 15 is 0 Å². The molecule has 116 valence electrons. The number of nitrogens with zero attached hydrogens (tertiary/aromatic N) is 1. The molecule has 0 aliphatic heterocycles. The molecule has 1 aliphatic carbocycles. The van der Waals surface area contributed by atoms with Gasteiger partial charge in [0.1, 0.15) is 10.6 Å². The zero-order chi connectivity index (χ0) is 15.8. The average Bonchev–Trinajstić information content (AvgIpc) is 2.58. The molecule has 23 heavy (non-hydrogen) atoms. The van der Waals surface area contributed by atoms with Crippen molar-refractivity contribution in [2.75, 3.05) is 0 Å². The summed E-state index contributed by atoms with van der Waals surface area (Å²) in [6, 6.07) is 10.0. The smallest absolute Gasteiger partial charge is 0.339 e. The minimum Gasteiger partial charge on any atom is -0.422 e. The number of benzene rings is 1. The van der Waals surface area contributed by atoms with Gasteiger partial charge in [0.05, 0.1) is 0 Å². The quantitative estimate of drug-likeness (QED) is 0.650. The van der Waals surface area contributed by atoms with E-state index in [0.29, 0.717) is 5.58 Å². The molecule has 1 aromatic carbocycles. The van der Waals surface area contributed by atoms with Crippen molar-refractivity contribution in [2.45, 2.75) is 42.5 Å². The number of fused-ring (bicyclic) bond motifs is 3. The van der Waals surface area contributed by atoms with Gasteiger partial charge >= 0.3 is 5.63 Å². The van der Waals surface area contributed by atoms with Gasteiger partial charge < -0.3 is 4.42 Å². The van der Waals surface area contributed by atoms with Crippen molar-refractivity contribution in [3.63, 3.8) is 0 Å². The zero-order valence-corrected chi connectivity index (χ0v) is 13.8. The van der Waals surface area contributed by atoms with Crippen molar-refractivity contribution < 1.29 is 4.42 Å². The fraction of sp³-hybridized carbons (Fsp3) is 0.263. The Kier molecular flexibility index (Phi) is 3.69. The summed E-state index contributed by atoms with van der Waals surface area (Å²) in [5.41, 5.74) is 3.80. The minimum absolute atomic E-state index is 0.162. The lowest BCUT2D eigenvalue weighted by Gasteiger charge is -2.17. The Balaban J connectivity index is 1.86. The van der Waals surface area contributed by atoms with Crippen LogP contribution in [0.2, 0.25) is 0 Å². The van der Waals surface area contributed by atoms with E-state index in [1.165, 1.54) is 11.1 Å². The van der Waals surface area contributed by atoms with Crippen LogP contribution in [0.15, 0.2) is 55.7 Å². The lowest BCUT2D eigenvalue weighted by molar-refractivity contribution is 0.533. The van der Waals surface area contributed by atoms with Crippen molar-refractivity contribution in [1.82, 2.24) is 4.98 Å². The van der Waals surface area contributed by atoms with Gasteiger partial charge in [0.2, 0.25) is 0 Å². The van der Waals surface area contributed by atoms with Crippen LogP contribution in [-0.2, 0) is 12.8 Å². The predicted octanol–water partition coefficient (Wildman–Crippen LogP) is 4.53. The van der Waals surface area contributed by atoms with Crippen LogP contribution in [-0.4, -0.2) is 4.98 Å². The summed E-state index contributed by atoms with van der Waals surface area (Å²) < 4.78 is 5.60. The number of aromatic nitrogens is 1. The minimum atomic E-state index is -0.162. The molecular weight excluding hydrogens is 306 g/mol. The largest absolute Gasteiger partial charge is 0.422 e. The van der Waals surface area contributed by atoms with Gasteiger partial charge in [-0.25, -0.2) is 9.78 Å². The van der Waals surface area contributed by atoms with Crippen LogP contribution in [0.25, 0.3) is 11.0 Å². The standard InChI is InChI=1S/C19H17NO2S/c1-12-10-15-13-6-2-3-7-14(13)19(21)22-16(15)11-17(12)23-18-8-4-5-9-20-18/h4-5,8-11H,2-3,6-7H2,1H3. The van der Waals surface area contributed by atoms with E-state index < -0.39 is 0 Å². The molecule has 3 nitrogen and oxygen atoms in total. The highest BCUT2D eigenvalue weighted by Gasteiger charge is 2.19. The molecule has 2 aromatic heterocycles. The molecular formula is C19H17NO2S. The van der Waals surface area contributed by atoms with Crippen LogP contribution < -0.4 is 5.63 Å². The molecule has 0 atom stereocenters. The van der Waals surface area contributed by atoms with Crippen molar-refractivity contribution in [3.8, 4) is 0 Å². The molecule has 1 aliphatic rings. The fourth-order valence-corrected chi connectivity index (χ4v) is 4.08. The summed E-state index contributed by atoms with van der Waals surface area (Å²) >= 11 is 1.60. The highest BCUT2D eigenvalue weighted by atomic mass is 32.2. The maximum Gasteiger partial charge on any atom is 0.339 e. The molecule has 0 radical (unpaired) electrons.